The standard InChI is InChI=1S/C28H26N4O2S/c1-5-35-23-13-11-20(12-14-23)26-21(17-31(30-26)22-9-7-6-8-10-22)15-24-19(4)25(16-29)28(34)32(18(2)3)27(24)33/h6-15,17-18H,5H2,1-4H3/b24-15+. The van der Waals surface area contributed by atoms with Gasteiger partial charge in [0.05, 0.1) is 11.4 Å². The SMILES string of the molecule is CCSc1ccc(-c2nn(-c3ccccc3)cc2/C=C2/C(=O)N(C(C)C)C(=O)C(C#N)=C2C)cc1. The van der Waals surface area contributed by atoms with Gasteiger partial charge in [-0.15, -0.1) is 11.8 Å². The minimum atomic E-state index is -0.550. The molecule has 1 aliphatic rings. The van der Waals surface area contributed by atoms with E-state index in [-0.39, 0.29) is 11.6 Å². The van der Waals surface area contributed by atoms with E-state index in [9.17, 15) is 14.9 Å². The molecular formula is C28H26N4O2S. The molecule has 2 heterocycles. The minimum absolute atomic E-state index is 0.0116. The molecule has 176 valence electrons. The molecule has 0 aliphatic carbocycles. The number of benzene rings is 2. The lowest BCUT2D eigenvalue weighted by molar-refractivity contribution is -0.142. The van der Waals surface area contributed by atoms with Crippen LogP contribution < -0.4 is 0 Å². The third-order valence-corrected chi connectivity index (χ3v) is 6.69. The highest BCUT2D eigenvalue weighted by Crippen LogP contribution is 2.32. The van der Waals surface area contributed by atoms with E-state index in [0.29, 0.717) is 16.8 Å². The van der Waals surface area contributed by atoms with Crippen LogP contribution in [0.5, 0.6) is 0 Å². The van der Waals surface area contributed by atoms with Crippen molar-refractivity contribution in [1.29, 1.82) is 5.26 Å². The van der Waals surface area contributed by atoms with E-state index in [4.69, 9.17) is 5.10 Å². The summed E-state index contributed by atoms with van der Waals surface area (Å²) >= 11 is 1.76. The Balaban J connectivity index is 1.90. The van der Waals surface area contributed by atoms with Crippen molar-refractivity contribution in [3.05, 3.63) is 83.1 Å². The number of hydrogen-bond donors (Lipinski definition) is 0. The molecule has 35 heavy (non-hydrogen) atoms. The topological polar surface area (TPSA) is 79.0 Å². The molecule has 0 N–H and O–H groups in total. The molecule has 4 rings (SSSR count). The van der Waals surface area contributed by atoms with Crippen LogP contribution in [0, 0.1) is 11.3 Å². The van der Waals surface area contributed by atoms with Crippen LogP contribution in [0.25, 0.3) is 23.0 Å². The Labute approximate surface area is 209 Å². The highest BCUT2D eigenvalue weighted by molar-refractivity contribution is 7.99. The fourth-order valence-corrected chi connectivity index (χ4v) is 4.69. The predicted molar refractivity (Wildman–Crippen MR) is 139 cm³/mol. The fourth-order valence-electron chi connectivity index (χ4n) is 4.03. The van der Waals surface area contributed by atoms with Crippen LogP contribution in [-0.2, 0) is 9.59 Å². The summed E-state index contributed by atoms with van der Waals surface area (Å²) < 4.78 is 1.78. The quantitative estimate of drug-likeness (QED) is 0.258. The second kappa shape index (κ2) is 10.2. The number of nitrogens with zero attached hydrogens (tertiary/aromatic N) is 4. The number of rotatable bonds is 6. The normalized spacial score (nSPS) is 15.3. The number of aromatic nitrogens is 2. The van der Waals surface area contributed by atoms with Crippen molar-refractivity contribution in [3.63, 3.8) is 0 Å². The van der Waals surface area contributed by atoms with Gasteiger partial charge >= 0.3 is 0 Å². The van der Waals surface area contributed by atoms with Gasteiger partial charge in [0, 0.05) is 33.8 Å². The van der Waals surface area contributed by atoms with Crippen molar-refractivity contribution in [2.75, 3.05) is 5.75 Å². The summed E-state index contributed by atoms with van der Waals surface area (Å²) in [6.07, 6.45) is 3.61. The van der Waals surface area contributed by atoms with Crippen LogP contribution in [0.2, 0.25) is 0 Å². The summed E-state index contributed by atoms with van der Waals surface area (Å²) in [6.45, 7) is 7.29. The Kier molecular flexibility index (Phi) is 7.04. The number of carbonyl (C=O) groups is 2. The Morgan fingerprint density at radius 1 is 1.06 bits per heavy atom. The molecule has 0 spiro atoms. The van der Waals surface area contributed by atoms with Gasteiger partial charge in [0.25, 0.3) is 11.8 Å². The maximum Gasteiger partial charge on any atom is 0.271 e. The molecule has 7 heteroatoms. The van der Waals surface area contributed by atoms with Crippen molar-refractivity contribution < 1.29 is 9.59 Å². The third kappa shape index (κ3) is 4.71. The van der Waals surface area contributed by atoms with E-state index in [1.807, 2.05) is 54.7 Å². The van der Waals surface area contributed by atoms with E-state index in [1.165, 1.54) is 4.90 Å². The molecule has 0 saturated carbocycles. The maximum absolute atomic E-state index is 13.4. The number of imide groups is 1. The second-order valence-electron chi connectivity index (χ2n) is 8.41. The Bertz CT molecular complexity index is 1380. The second-order valence-corrected chi connectivity index (χ2v) is 9.75. The molecule has 0 atom stereocenters. The monoisotopic (exact) mass is 482 g/mol. The van der Waals surface area contributed by atoms with Crippen LogP contribution in [0.15, 0.2) is 82.4 Å². The Hall–Kier alpha value is -3.89. The lowest BCUT2D eigenvalue weighted by Crippen LogP contribution is -2.46. The van der Waals surface area contributed by atoms with Gasteiger partial charge < -0.3 is 0 Å². The molecular weight excluding hydrogens is 456 g/mol. The van der Waals surface area contributed by atoms with Crippen molar-refractivity contribution in [3.8, 4) is 23.0 Å². The number of nitriles is 1. The molecule has 1 aromatic heterocycles. The Morgan fingerprint density at radius 2 is 1.74 bits per heavy atom. The molecule has 6 nitrogen and oxygen atoms in total. The minimum Gasteiger partial charge on any atom is -0.271 e. The summed E-state index contributed by atoms with van der Waals surface area (Å²) in [5, 5.41) is 14.5. The smallest absolute Gasteiger partial charge is 0.271 e. The zero-order chi connectivity index (χ0) is 25.1. The zero-order valence-corrected chi connectivity index (χ0v) is 21.0. The molecule has 0 unspecified atom stereocenters. The van der Waals surface area contributed by atoms with Gasteiger partial charge in [0.1, 0.15) is 11.6 Å². The van der Waals surface area contributed by atoms with E-state index >= 15 is 0 Å². The summed E-state index contributed by atoms with van der Waals surface area (Å²) in [5.41, 5.74) is 3.92. The molecule has 0 radical (unpaired) electrons. The van der Waals surface area contributed by atoms with Gasteiger partial charge in [0.2, 0.25) is 0 Å². The van der Waals surface area contributed by atoms with Crippen molar-refractivity contribution >= 4 is 29.7 Å². The summed E-state index contributed by atoms with van der Waals surface area (Å²) in [7, 11) is 0. The van der Waals surface area contributed by atoms with Crippen LogP contribution in [0.1, 0.15) is 33.3 Å². The highest BCUT2D eigenvalue weighted by atomic mass is 32.2. The van der Waals surface area contributed by atoms with E-state index in [2.05, 4.69) is 19.1 Å². The van der Waals surface area contributed by atoms with Crippen LogP contribution >= 0.6 is 11.8 Å². The molecule has 0 saturated heterocycles. The molecule has 3 aromatic rings. The summed E-state index contributed by atoms with van der Waals surface area (Å²) in [6, 6.07) is 19.5. The first-order valence-electron chi connectivity index (χ1n) is 11.4. The van der Waals surface area contributed by atoms with Gasteiger partial charge in [-0.1, -0.05) is 37.3 Å². The number of carbonyl (C=O) groups excluding carboxylic acids is 2. The average Bonchev–Trinajstić information content (AvgIpc) is 3.27. The number of para-hydroxylation sites is 1. The van der Waals surface area contributed by atoms with E-state index in [1.54, 1.807) is 43.3 Å². The molecule has 1 aliphatic heterocycles. The van der Waals surface area contributed by atoms with Crippen LogP contribution in [0.3, 0.4) is 0 Å². The van der Waals surface area contributed by atoms with Gasteiger partial charge in [-0.05, 0) is 62.4 Å². The van der Waals surface area contributed by atoms with Gasteiger partial charge in [-0.25, -0.2) is 4.68 Å². The lowest BCUT2D eigenvalue weighted by atomic mass is 9.92. The summed E-state index contributed by atoms with van der Waals surface area (Å²) in [5.74, 6) is 0.0280. The van der Waals surface area contributed by atoms with Crippen molar-refractivity contribution in [2.24, 2.45) is 0 Å². The first kappa shape index (κ1) is 24.2. The highest BCUT2D eigenvalue weighted by Gasteiger charge is 2.37. The number of hydrogen-bond acceptors (Lipinski definition) is 5. The van der Waals surface area contributed by atoms with Gasteiger partial charge in [-0.3, -0.25) is 14.5 Å². The largest absolute Gasteiger partial charge is 0.271 e. The lowest BCUT2D eigenvalue weighted by Gasteiger charge is -2.30. The van der Waals surface area contributed by atoms with Crippen LogP contribution in [0.4, 0.5) is 0 Å². The first-order valence-corrected chi connectivity index (χ1v) is 12.4. The van der Waals surface area contributed by atoms with Crippen molar-refractivity contribution in [2.45, 2.75) is 38.6 Å². The fraction of sp³-hybridized carbons (Fsp3) is 0.214. The van der Waals surface area contributed by atoms with Crippen molar-refractivity contribution in [1.82, 2.24) is 14.7 Å². The molecule has 0 fully saturated rings. The summed E-state index contributed by atoms with van der Waals surface area (Å²) in [4.78, 5) is 28.4. The van der Waals surface area contributed by atoms with E-state index in [0.717, 1.165) is 27.5 Å². The van der Waals surface area contributed by atoms with Gasteiger partial charge in [0.15, 0.2) is 0 Å². The van der Waals surface area contributed by atoms with E-state index < -0.39 is 11.8 Å². The van der Waals surface area contributed by atoms with Gasteiger partial charge in [-0.2, -0.15) is 10.4 Å². The predicted octanol–water partition coefficient (Wildman–Crippen LogP) is 5.65. The number of thioether (sulfide) groups is 1. The Morgan fingerprint density at radius 3 is 2.34 bits per heavy atom. The van der Waals surface area contributed by atoms with Crippen LogP contribution in [-0.4, -0.2) is 38.3 Å². The third-order valence-electron chi connectivity index (χ3n) is 5.79. The molecule has 2 amide bonds. The molecule has 0 bridgehead atoms. The number of amides is 2. The zero-order valence-electron chi connectivity index (χ0n) is 20.1. The maximum atomic E-state index is 13.4. The average molecular weight is 483 g/mol. The molecule has 2 aromatic carbocycles. The first-order chi connectivity index (χ1) is 16.8.